The Morgan fingerprint density at radius 3 is 2.57 bits per heavy atom. The van der Waals surface area contributed by atoms with Crippen molar-refractivity contribution in [3.8, 4) is 11.4 Å². The molecule has 0 unspecified atom stereocenters. The number of hydrogen-bond acceptors (Lipinski definition) is 4. The molecule has 2 amide bonds. The number of rotatable bonds is 5. The van der Waals surface area contributed by atoms with E-state index in [0.717, 1.165) is 11.2 Å². The van der Waals surface area contributed by atoms with Crippen LogP contribution in [-0.4, -0.2) is 33.0 Å². The fourth-order valence-electron chi connectivity index (χ4n) is 2.83. The van der Waals surface area contributed by atoms with E-state index in [1.54, 1.807) is 30.3 Å². The van der Waals surface area contributed by atoms with Gasteiger partial charge in [-0.2, -0.15) is 0 Å². The molecule has 7 heteroatoms. The van der Waals surface area contributed by atoms with Crippen molar-refractivity contribution in [1.82, 2.24) is 19.9 Å². The number of benzene rings is 2. The van der Waals surface area contributed by atoms with Gasteiger partial charge in [0, 0.05) is 23.0 Å². The molecular formula is C21H17N5O2. The van der Waals surface area contributed by atoms with Gasteiger partial charge >= 0.3 is 0 Å². The molecule has 0 radical (unpaired) electrons. The maximum atomic E-state index is 12.2. The maximum Gasteiger partial charge on any atom is 0.251 e. The molecule has 0 aliphatic carbocycles. The number of carbonyl (C=O) groups is 2. The molecule has 0 aliphatic rings. The molecule has 0 saturated carbocycles. The molecule has 2 heterocycles. The lowest BCUT2D eigenvalue weighted by atomic mass is 10.2. The van der Waals surface area contributed by atoms with Crippen molar-refractivity contribution in [3.63, 3.8) is 0 Å². The number of aromatic nitrogens is 3. The van der Waals surface area contributed by atoms with Crippen molar-refractivity contribution in [2.24, 2.45) is 0 Å². The number of nitrogens with zero attached hydrogens (tertiary/aromatic N) is 3. The third-order valence-corrected chi connectivity index (χ3v) is 4.16. The van der Waals surface area contributed by atoms with E-state index in [1.165, 1.54) is 0 Å². The monoisotopic (exact) mass is 371 g/mol. The lowest BCUT2D eigenvalue weighted by Crippen LogP contribution is -2.32. The first-order valence-electron chi connectivity index (χ1n) is 8.74. The molecule has 7 nitrogen and oxygen atoms in total. The Kier molecular flexibility index (Phi) is 4.79. The Hall–Kier alpha value is -4.00. The molecular weight excluding hydrogens is 354 g/mol. The van der Waals surface area contributed by atoms with Gasteiger partial charge in [0.2, 0.25) is 5.91 Å². The SMILES string of the molecule is O=C(CNC(=O)c1ccccc1)Nc1cccc(-c2nnc3ccccn23)c1. The molecule has 4 rings (SSSR count). The van der Waals surface area contributed by atoms with E-state index in [0.29, 0.717) is 17.1 Å². The van der Waals surface area contributed by atoms with Gasteiger partial charge in [-0.1, -0.05) is 36.4 Å². The van der Waals surface area contributed by atoms with Crippen molar-refractivity contribution in [2.75, 3.05) is 11.9 Å². The van der Waals surface area contributed by atoms with Crippen LogP contribution in [0.3, 0.4) is 0 Å². The highest BCUT2D eigenvalue weighted by molar-refractivity contribution is 5.99. The summed E-state index contributed by atoms with van der Waals surface area (Å²) in [6.07, 6.45) is 1.88. The van der Waals surface area contributed by atoms with Crippen molar-refractivity contribution in [2.45, 2.75) is 0 Å². The number of nitrogens with one attached hydrogen (secondary N) is 2. The zero-order chi connectivity index (χ0) is 19.3. The highest BCUT2D eigenvalue weighted by Gasteiger charge is 2.10. The van der Waals surface area contributed by atoms with Crippen LogP contribution in [0.15, 0.2) is 79.0 Å². The van der Waals surface area contributed by atoms with Gasteiger partial charge in [-0.15, -0.1) is 10.2 Å². The molecule has 0 saturated heterocycles. The third kappa shape index (κ3) is 3.73. The standard InChI is InChI=1S/C21H17N5O2/c27-19(14-22-21(28)15-7-2-1-3-8-15)23-17-10-6-9-16(13-17)20-25-24-18-11-4-5-12-26(18)20/h1-13H,14H2,(H,22,28)(H,23,27). The van der Waals surface area contributed by atoms with E-state index < -0.39 is 0 Å². The van der Waals surface area contributed by atoms with Gasteiger partial charge < -0.3 is 10.6 Å². The average molecular weight is 371 g/mol. The topological polar surface area (TPSA) is 88.4 Å². The first-order valence-corrected chi connectivity index (χ1v) is 8.74. The van der Waals surface area contributed by atoms with Crippen molar-refractivity contribution in [1.29, 1.82) is 0 Å². The predicted molar refractivity (Wildman–Crippen MR) is 106 cm³/mol. The van der Waals surface area contributed by atoms with Gasteiger partial charge in [-0.25, -0.2) is 0 Å². The van der Waals surface area contributed by atoms with Crippen molar-refractivity contribution in [3.05, 3.63) is 84.6 Å². The molecule has 0 aliphatic heterocycles. The molecule has 138 valence electrons. The van der Waals surface area contributed by atoms with Crippen LogP contribution >= 0.6 is 0 Å². The fourth-order valence-corrected chi connectivity index (χ4v) is 2.83. The Morgan fingerprint density at radius 2 is 1.71 bits per heavy atom. The van der Waals surface area contributed by atoms with Crippen LogP contribution in [0.5, 0.6) is 0 Å². The van der Waals surface area contributed by atoms with E-state index in [4.69, 9.17) is 0 Å². The summed E-state index contributed by atoms with van der Waals surface area (Å²) in [5, 5.41) is 13.8. The number of anilines is 1. The second-order valence-corrected chi connectivity index (χ2v) is 6.13. The molecule has 2 aromatic carbocycles. The summed E-state index contributed by atoms with van der Waals surface area (Å²) < 4.78 is 1.88. The molecule has 28 heavy (non-hydrogen) atoms. The number of pyridine rings is 1. The quantitative estimate of drug-likeness (QED) is 0.565. The lowest BCUT2D eigenvalue weighted by molar-refractivity contribution is -0.115. The molecule has 0 spiro atoms. The summed E-state index contributed by atoms with van der Waals surface area (Å²) >= 11 is 0. The second kappa shape index (κ2) is 7.71. The first kappa shape index (κ1) is 17.4. The van der Waals surface area contributed by atoms with E-state index in [1.807, 2.05) is 53.1 Å². The first-order chi connectivity index (χ1) is 13.7. The number of amides is 2. The summed E-state index contributed by atoms with van der Waals surface area (Å²) in [4.78, 5) is 24.2. The minimum Gasteiger partial charge on any atom is -0.343 e. The van der Waals surface area contributed by atoms with E-state index in [2.05, 4.69) is 20.8 Å². The largest absolute Gasteiger partial charge is 0.343 e. The summed E-state index contributed by atoms with van der Waals surface area (Å²) in [6.45, 7) is -0.119. The zero-order valence-corrected chi connectivity index (χ0v) is 14.9. The van der Waals surface area contributed by atoms with E-state index >= 15 is 0 Å². The number of carbonyl (C=O) groups excluding carboxylic acids is 2. The smallest absolute Gasteiger partial charge is 0.251 e. The van der Waals surface area contributed by atoms with E-state index in [-0.39, 0.29) is 18.4 Å². The van der Waals surface area contributed by atoms with Crippen molar-refractivity contribution >= 4 is 23.1 Å². The van der Waals surface area contributed by atoms with Gasteiger partial charge in [0.05, 0.1) is 6.54 Å². The van der Waals surface area contributed by atoms with Crippen LogP contribution < -0.4 is 10.6 Å². The molecule has 0 fully saturated rings. The summed E-state index contributed by atoms with van der Waals surface area (Å²) in [5.41, 5.74) is 2.69. The second-order valence-electron chi connectivity index (χ2n) is 6.13. The van der Waals surface area contributed by atoms with Crippen LogP contribution in [0.25, 0.3) is 17.0 Å². The molecule has 2 N–H and O–H groups in total. The Balaban J connectivity index is 1.43. The lowest BCUT2D eigenvalue weighted by Gasteiger charge is -2.08. The van der Waals surface area contributed by atoms with Gasteiger partial charge in [-0.05, 0) is 36.4 Å². The fraction of sp³-hybridized carbons (Fsp3) is 0.0476. The number of fused-ring (bicyclic) bond motifs is 1. The predicted octanol–water partition coefficient (Wildman–Crippen LogP) is 2.76. The Morgan fingerprint density at radius 1 is 0.893 bits per heavy atom. The summed E-state index contributed by atoms with van der Waals surface area (Å²) in [6, 6.07) is 21.8. The highest BCUT2D eigenvalue weighted by atomic mass is 16.2. The molecule has 0 bridgehead atoms. The van der Waals surface area contributed by atoms with Gasteiger partial charge in [0.25, 0.3) is 5.91 Å². The van der Waals surface area contributed by atoms with Crippen LogP contribution in [-0.2, 0) is 4.79 Å². The van der Waals surface area contributed by atoms with Crippen LogP contribution in [0, 0.1) is 0 Å². The molecule has 2 aromatic heterocycles. The maximum absolute atomic E-state index is 12.2. The van der Waals surface area contributed by atoms with E-state index in [9.17, 15) is 9.59 Å². The van der Waals surface area contributed by atoms with Gasteiger partial charge in [0.1, 0.15) is 0 Å². The van der Waals surface area contributed by atoms with Crippen LogP contribution in [0.1, 0.15) is 10.4 Å². The van der Waals surface area contributed by atoms with Gasteiger partial charge in [-0.3, -0.25) is 14.0 Å². The highest BCUT2D eigenvalue weighted by Crippen LogP contribution is 2.21. The molecule has 0 atom stereocenters. The van der Waals surface area contributed by atoms with Gasteiger partial charge in [0.15, 0.2) is 11.5 Å². The Bertz CT molecular complexity index is 1140. The normalized spacial score (nSPS) is 10.6. The summed E-state index contributed by atoms with van der Waals surface area (Å²) in [7, 11) is 0. The number of hydrogen-bond donors (Lipinski definition) is 2. The zero-order valence-electron chi connectivity index (χ0n) is 14.9. The van der Waals surface area contributed by atoms with Crippen molar-refractivity contribution < 1.29 is 9.59 Å². The van der Waals surface area contributed by atoms with Crippen LogP contribution in [0.2, 0.25) is 0 Å². The molecule has 4 aromatic rings. The summed E-state index contributed by atoms with van der Waals surface area (Å²) in [5.74, 6) is 0.0797. The minimum atomic E-state index is -0.312. The van der Waals surface area contributed by atoms with Crippen LogP contribution in [0.4, 0.5) is 5.69 Å². The average Bonchev–Trinajstić information content (AvgIpc) is 3.17. The Labute approximate surface area is 161 Å². The third-order valence-electron chi connectivity index (χ3n) is 4.16. The minimum absolute atomic E-state index is 0.119.